The van der Waals surface area contributed by atoms with Crippen molar-refractivity contribution in [3.8, 4) is 0 Å². The van der Waals surface area contributed by atoms with E-state index in [2.05, 4.69) is 10.1 Å². The van der Waals surface area contributed by atoms with Gasteiger partial charge in [-0.15, -0.1) is 0 Å². The highest BCUT2D eigenvalue weighted by atomic mass is 35.5. The molecule has 0 aliphatic heterocycles. The summed E-state index contributed by atoms with van der Waals surface area (Å²) in [5.74, 6) is 0. The van der Waals surface area contributed by atoms with E-state index in [9.17, 15) is 0 Å². The van der Waals surface area contributed by atoms with Crippen LogP contribution < -0.4 is 0 Å². The minimum absolute atomic E-state index is 0.470. The Morgan fingerprint density at radius 2 is 2.20 bits per heavy atom. The molecule has 80 valence electrons. The van der Waals surface area contributed by atoms with E-state index in [4.69, 9.17) is 16.3 Å². The largest absolute Gasteiger partial charge is 0.378 e. The number of rotatable bonds is 2. The van der Waals surface area contributed by atoms with Gasteiger partial charge in [0.2, 0.25) is 0 Å². The average Bonchev–Trinajstić information content (AvgIpc) is 2.58. The van der Waals surface area contributed by atoms with Gasteiger partial charge in [-0.25, -0.2) is 9.50 Å². The van der Waals surface area contributed by atoms with Crippen molar-refractivity contribution in [3.05, 3.63) is 28.2 Å². The van der Waals surface area contributed by atoms with Crippen LogP contribution in [0.3, 0.4) is 0 Å². The number of aryl methyl sites for hydroxylation is 1. The monoisotopic (exact) mass is 225 g/mol. The molecular formula is C10H12ClN3O. The summed E-state index contributed by atoms with van der Waals surface area (Å²) in [6.07, 6.45) is 0. The average molecular weight is 226 g/mol. The third kappa shape index (κ3) is 1.70. The number of fused-ring (bicyclic) bond motifs is 1. The lowest BCUT2D eigenvalue weighted by Crippen LogP contribution is -1.99. The van der Waals surface area contributed by atoms with Crippen molar-refractivity contribution in [2.24, 2.45) is 0 Å². The first-order chi connectivity index (χ1) is 7.13. The van der Waals surface area contributed by atoms with Gasteiger partial charge in [0.05, 0.1) is 12.3 Å². The van der Waals surface area contributed by atoms with Crippen molar-refractivity contribution in [3.63, 3.8) is 0 Å². The zero-order valence-electron chi connectivity index (χ0n) is 8.91. The number of methoxy groups -OCH3 is 1. The fourth-order valence-electron chi connectivity index (χ4n) is 1.43. The maximum Gasteiger partial charge on any atom is 0.157 e. The summed E-state index contributed by atoms with van der Waals surface area (Å²) in [6.45, 7) is 4.34. The summed E-state index contributed by atoms with van der Waals surface area (Å²) in [5.41, 5.74) is 3.47. The molecule has 0 saturated heterocycles. The van der Waals surface area contributed by atoms with Crippen LogP contribution in [0, 0.1) is 13.8 Å². The Labute approximate surface area is 92.8 Å². The van der Waals surface area contributed by atoms with Crippen LogP contribution in [-0.4, -0.2) is 21.7 Å². The summed E-state index contributed by atoms with van der Waals surface area (Å²) in [6, 6.07) is 1.88. The summed E-state index contributed by atoms with van der Waals surface area (Å²) >= 11 is 6.16. The molecule has 0 spiro atoms. The molecule has 0 bridgehead atoms. The molecule has 15 heavy (non-hydrogen) atoms. The lowest BCUT2D eigenvalue weighted by molar-refractivity contribution is 0.181. The molecule has 0 amide bonds. The molecule has 0 N–H and O–H groups in total. The second kappa shape index (κ2) is 3.79. The second-order valence-corrected chi connectivity index (χ2v) is 3.81. The normalized spacial score (nSPS) is 11.2. The second-order valence-electron chi connectivity index (χ2n) is 3.45. The Morgan fingerprint density at radius 1 is 1.47 bits per heavy atom. The van der Waals surface area contributed by atoms with Crippen molar-refractivity contribution < 1.29 is 4.74 Å². The quantitative estimate of drug-likeness (QED) is 0.736. The molecule has 0 radical (unpaired) electrons. The standard InChI is InChI=1S/C10H12ClN3O/c1-6-7(2)12-9-4-8(5-15-3)13-14(9)10(6)11/h4H,5H2,1-3H3. The van der Waals surface area contributed by atoms with Gasteiger partial charge in [0, 0.05) is 24.4 Å². The first-order valence-electron chi connectivity index (χ1n) is 4.63. The van der Waals surface area contributed by atoms with Gasteiger partial charge in [0.15, 0.2) is 5.65 Å². The van der Waals surface area contributed by atoms with Crippen molar-refractivity contribution in [1.29, 1.82) is 0 Å². The lowest BCUT2D eigenvalue weighted by atomic mass is 10.3. The molecule has 5 heteroatoms. The van der Waals surface area contributed by atoms with Gasteiger partial charge >= 0.3 is 0 Å². The molecule has 0 aliphatic rings. The van der Waals surface area contributed by atoms with Gasteiger partial charge in [0.25, 0.3) is 0 Å². The van der Waals surface area contributed by atoms with E-state index in [1.54, 1.807) is 11.6 Å². The molecule has 4 nitrogen and oxygen atoms in total. The van der Waals surface area contributed by atoms with Gasteiger partial charge < -0.3 is 4.74 Å². The van der Waals surface area contributed by atoms with Gasteiger partial charge in [-0.2, -0.15) is 5.10 Å². The Bertz CT molecular complexity index is 507. The highest BCUT2D eigenvalue weighted by Gasteiger charge is 2.10. The molecule has 0 saturated carbocycles. The first kappa shape index (κ1) is 10.4. The van der Waals surface area contributed by atoms with Crippen LogP contribution in [0.5, 0.6) is 0 Å². The predicted molar refractivity (Wildman–Crippen MR) is 58.2 cm³/mol. The Balaban J connectivity index is 2.65. The summed E-state index contributed by atoms with van der Waals surface area (Å²) < 4.78 is 6.65. The van der Waals surface area contributed by atoms with Crippen LogP contribution in [0.15, 0.2) is 6.07 Å². The summed E-state index contributed by atoms with van der Waals surface area (Å²) in [4.78, 5) is 4.40. The van der Waals surface area contributed by atoms with Crippen LogP contribution in [0.1, 0.15) is 17.0 Å². The highest BCUT2D eigenvalue weighted by molar-refractivity contribution is 6.30. The van der Waals surface area contributed by atoms with Gasteiger partial charge in [-0.1, -0.05) is 11.6 Å². The maximum absolute atomic E-state index is 6.16. The van der Waals surface area contributed by atoms with Crippen LogP contribution in [0.4, 0.5) is 0 Å². The van der Waals surface area contributed by atoms with E-state index in [-0.39, 0.29) is 0 Å². The zero-order valence-corrected chi connectivity index (χ0v) is 9.67. The fourth-order valence-corrected chi connectivity index (χ4v) is 1.69. The van der Waals surface area contributed by atoms with Crippen molar-refractivity contribution >= 4 is 17.2 Å². The van der Waals surface area contributed by atoms with Gasteiger partial charge in [-0.3, -0.25) is 0 Å². The first-order valence-corrected chi connectivity index (χ1v) is 5.01. The fraction of sp³-hybridized carbons (Fsp3) is 0.400. The number of ether oxygens (including phenoxy) is 1. The van der Waals surface area contributed by atoms with Crippen molar-refractivity contribution in [2.45, 2.75) is 20.5 Å². The number of hydrogen-bond acceptors (Lipinski definition) is 3. The lowest BCUT2D eigenvalue weighted by Gasteiger charge is -2.03. The Kier molecular flexibility index (Phi) is 2.63. The van der Waals surface area contributed by atoms with Gasteiger partial charge in [-0.05, 0) is 13.8 Å². The molecule has 0 fully saturated rings. The molecule has 0 unspecified atom stereocenters. The molecule has 0 aliphatic carbocycles. The maximum atomic E-state index is 6.16. The summed E-state index contributed by atoms with van der Waals surface area (Å²) in [7, 11) is 1.63. The van der Waals surface area contributed by atoms with Crippen molar-refractivity contribution in [2.75, 3.05) is 7.11 Å². The van der Waals surface area contributed by atoms with E-state index in [1.165, 1.54) is 0 Å². The number of aromatic nitrogens is 3. The summed E-state index contributed by atoms with van der Waals surface area (Å²) in [5, 5.41) is 4.91. The number of hydrogen-bond donors (Lipinski definition) is 0. The van der Waals surface area contributed by atoms with E-state index >= 15 is 0 Å². The SMILES string of the molecule is COCc1cc2nc(C)c(C)c(Cl)n2n1. The smallest absolute Gasteiger partial charge is 0.157 e. The van der Waals surface area contributed by atoms with Gasteiger partial charge in [0.1, 0.15) is 5.15 Å². The number of halogens is 1. The van der Waals surface area contributed by atoms with Crippen LogP contribution >= 0.6 is 11.6 Å². The molecule has 2 rings (SSSR count). The molecule has 2 aromatic heterocycles. The van der Waals surface area contributed by atoms with E-state index in [1.807, 2.05) is 19.9 Å². The topological polar surface area (TPSA) is 39.4 Å². The van der Waals surface area contributed by atoms with Crippen LogP contribution in [-0.2, 0) is 11.3 Å². The van der Waals surface area contributed by atoms with E-state index < -0.39 is 0 Å². The van der Waals surface area contributed by atoms with Crippen molar-refractivity contribution in [1.82, 2.24) is 14.6 Å². The molecule has 0 atom stereocenters. The molecular weight excluding hydrogens is 214 g/mol. The third-order valence-corrected chi connectivity index (χ3v) is 2.80. The third-order valence-electron chi connectivity index (χ3n) is 2.35. The van der Waals surface area contributed by atoms with Crippen LogP contribution in [0.2, 0.25) is 5.15 Å². The molecule has 2 heterocycles. The number of nitrogens with zero attached hydrogens (tertiary/aromatic N) is 3. The highest BCUT2D eigenvalue weighted by Crippen LogP contribution is 2.19. The van der Waals surface area contributed by atoms with E-state index in [0.29, 0.717) is 11.8 Å². The Morgan fingerprint density at radius 3 is 2.87 bits per heavy atom. The molecule has 0 aromatic carbocycles. The predicted octanol–water partition coefficient (Wildman–Crippen LogP) is 2.15. The Hall–Kier alpha value is -1.13. The minimum Gasteiger partial charge on any atom is -0.378 e. The zero-order chi connectivity index (χ0) is 11.0. The van der Waals surface area contributed by atoms with Crippen LogP contribution in [0.25, 0.3) is 5.65 Å². The molecule has 2 aromatic rings. The van der Waals surface area contributed by atoms with E-state index in [0.717, 1.165) is 22.6 Å². The minimum atomic E-state index is 0.470.